The Hall–Kier alpha value is -1.65. The van der Waals surface area contributed by atoms with Gasteiger partial charge in [-0.1, -0.05) is 13.3 Å². The first-order valence-electron chi connectivity index (χ1n) is 4.63. The summed E-state index contributed by atoms with van der Waals surface area (Å²) in [7, 11) is 0. The Balaban J connectivity index is 2.27. The van der Waals surface area contributed by atoms with E-state index in [-0.39, 0.29) is 6.03 Å². The monoisotopic (exact) mass is 194 g/mol. The normalized spacial score (nSPS) is 9.50. The Morgan fingerprint density at radius 2 is 2.36 bits per heavy atom. The van der Waals surface area contributed by atoms with Crippen molar-refractivity contribution in [3.63, 3.8) is 0 Å². The van der Waals surface area contributed by atoms with Crippen LogP contribution in [0, 0.1) is 0 Å². The summed E-state index contributed by atoms with van der Waals surface area (Å²) in [6.45, 7) is 2.75. The van der Waals surface area contributed by atoms with Crippen LogP contribution in [0.2, 0.25) is 0 Å². The number of nitrogens with zero attached hydrogens (tertiary/aromatic N) is 2. The Labute approximate surface area is 83.0 Å². The fraction of sp³-hybridized carbons (Fsp3) is 0.444. The Morgan fingerprint density at radius 1 is 1.50 bits per heavy atom. The molecule has 1 aromatic rings. The Kier molecular flexibility index (Phi) is 4.40. The standard InChI is InChI=1S/C9H14N4O/c1-2-3-4-12-9(14)13-8-7-10-5-6-11-8/h5-7H,2-4H2,1H3,(H2,11,12,13,14). The summed E-state index contributed by atoms with van der Waals surface area (Å²) in [6, 6.07) is -0.237. The molecule has 5 nitrogen and oxygen atoms in total. The number of aromatic nitrogens is 2. The number of urea groups is 1. The summed E-state index contributed by atoms with van der Waals surface area (Å²) in [5.74, 6) is 0.460. The lowest BCUT2D eigenvalue weighted by atomic mass is 10.3. The van der Waals surface area contributed by atoms with Gasteiger partial charge in [-0.25, -0.2) is 9.78 Å². The van der Waals surface area contributed by atoms with Crippen LogP contribution >= 0.6 is 0 Å². The molecule has 0 saturated carbocycles. The molecule has 5 heteroatoms. The third-order valence-electron chi connectivity index (χ3n) is 1.62. The van der Waals surface area contributed by atoms with Crippen molar-refractivity contribution >= 4 is 11.8 Å². The van der Waals surface area contributed by atoms with Gasteiger partial charge in [-0.15, -0.1) is 0 Å². The maximum absolute atomic E-state index is 11.2. The largest absolute Gasteiger partial charge is 0.338 e. The van der Waals surface area contributed by atoms with E-state index in [0.717, 1.165) is 12.8 Å². The van der Waals surface area contributed by atoms with Crippen LogP contribution in [-0.4, -0.2) is 22.5 Å². The second kappa shape index (κ2) is 5.90. The number of unbranched alkanes of at least 4 members (excludes halogenated alkanes) is 1. The molecule has 2 amide bonds. The first-order chi connectivity index (χ1) is 6.83. The van der Waals surface area contributed by atoms with E-state index < -0.39 is 0 Å². The number of carbonyl (C=O) groups is 1. The molecule has 14 heavy (non-hydrogen) atoms. The number of rotatable bonds is 4. The summed E-state index contributed by atoms with van der Waals surface area (Å²) >= 11 is 0. The Bertz CT molecular complexity index is 275. The predicted octanol–water partition coefficient (Wildman–Crippen LogP) is 1.40. The molecule has 0 unspecified atom stereocenters. The molecule has 0 aromatic carbocycles. The summed E-state index contributed by atoms with van der Waals surface area (Å²) in [6.07, 6.45) is 6.63. The third-order valence-corrected chi connectivity index (χ3v) is 1.62. The number of anilines is 1. The molecule has 0 aliphatic rings. The number of hydrogen-bond acceptors (Lipinski definition) is 3. The van der Waals surface area contributed by atoms with E-state index >= 15 is 0 Å². The first-order valence-corrected chi connectivity index (χ1v) is 4.63. The number of nitrogens with one attached hydrogen (secondary N) is 2. The molecule has 1 heterocycles. The zero-order chi connectivity index (χ0) is 10.2. The highest BCUT2D eigenvalue weighted by atomic mass is 16.2. The van der Waals surface area contributed by atoms with Gasteiger partial charge in [0.25, 0.3) is 0 Å². The van der Waals surface area contributed by atoms with Gasteiger partial charge >= 0.3 is 6.03 Å². The van der Waals surface area contributed by atoms with Crippen molar-refractivity contribution in [1.29, 1.82) is 0 Å². The van der Waals surface area contributed by atoms with Crippen LogP contribution in [0.1, 0.15) is 19.8 Å². The quantitative estimate of drug-likeness (QED) is 0.712. The van der Waals surface area contributed by atoms with E-state index in [1.54, 1.807) is 6.20 Å². The number of carbonyl (C=O) groups excluding carboxylic acids is 1. The molecule has 0 aliphatic heterocycles. The van der Waals surface area contributed by atoms with Crippen molar-refractivity contribution in [3.8, 4) is 0 Å². The minimum Gasteiger partial charge on any atom is -0.338 e. The van der Waals surface area contributed by atoms with Crippen molar-refractivity contribution in [2.75, 3.05) is 11.9 Å². The lowest BCUT2D eigenvalue weighted by Gasteiger charge is -2.04. The van der Waals surface area contributed by atoms with Crippen molar-refractivity contribution in [2.24, 2.45) is 0 Å². The Morgan fingerprint density at radius 3 is 3.00 bits per heavy atom. The molecule has 76 valence electrons. The highest BCUT2D eigenvalue weighted by molar-refractivity contribution is 5.87. The topological polar surface area (TPSA) is 66.9 Å². The molecule has 1 rings (SSSR count). The molecule has 0 aliphatic carbocycles. The van der Waals surface area contributed by atoms with E-state index in [4.69, 9.17) is 0 Å². The number of amides is 2. The van der Waals surface area contributed by atoms with E-state index in [1.165, 1.54) is 12.4 Å². The van der Waals surface area contributed by atoms with Crippen LogP contribution in [-0.2, 0) is 0 Å². The lowest BCUT2D eigenvalue weighted by molar-refractivity contribution is 0.252. The SMILES string of the molecule is CCCCNC(=O)Nc1cnccn1. The van der Waals surface area contributed by atoms with E-state index in [9.17, 15) is 4.79 Å². The van der Waals surface area contributed by atoms with Crippen molar-refractivity contribution in [3.05, 3.63) is 18.6 Å². The van der Waals surface area contributed by atoms with Crippen LogP contribution in [0.15, 0.2) is 18.6 Å². The van der Waals surface area contributed by atoms with Crippen molar-refractivity contribution < 1.29 is 4.79 Å². The van der Waals surface area contributed by atoms with Crippen LogP contribution < -0.4 is 10.6 Å². The first kappa shape index (κ1) is 10.4. The highest BCUT2D eigenvalue weighted by Gasteiger charge is 1.99. The lowest BCUT2D eigenvalue weighted by Crippen LogP contribution is -2.29. The molecule has 1 aromatic heterocycles. The maximum atomic E-state index is 11.2. The van der Waals surface area contributed by atoms with Gasteiger partial charge in [0.1, 0.15) is 0 Å². The van der Waals surface area contributed by atoms with Gasteiger partial charge in [0, 0.05) is 18.9 Å². The van der Waals surface area contributed by atoms with Gasteiger partial charge < -0.3 is 5.32 Å². The fourth-order valence-electron chi connectivity index (χ4n) is 0.903. The summed E-state index contributed by atoms with van der Waals surface area (Å²) in [4.78, 5) is 18.9. The smallest absolute Gasteiger partial charge is 0.320 e. The van der Waals surface area contributed by atoms with Gasteiger partial charge in [-0.2, -0.15) is 0 Å². The van der Waals surface area contributed by atoms with Crippen LogP contribution in [0.25, 0.3) is 0 Å². The zero-order valence-corrected chi connectivity index (χ0v) is 8.16. The van der Waals surface area contributed by atoms with Gasteiger partial charge in [0.05, 0.1) is 6.20 Å². The second-order valence-corrected chi connectivity index (χ2v) is 2.83. The molecule has 2 N–H and O–H groups in total. The fourth-order valence-corrected chi connectivity index (χ4v) is 0.903. The minimum atomic E-state index is -0.237. The van der Waals surface area contributed by atoms with Crippen molar-refractivity contribution in [2.45, 2.75) is 19.8 Å². The molecule has 0 atom stereocenters. The molecule has 0 fully saturated rings. The molecule has 0 radical (unpaired) electrons. The summed E-state index contributed by atoms with van der Waals surface area (Å²) < 4.78 is 0. The average molecular weight is 194 g/mol. The maximum Gasteiger partial charge on any atom is 0.320 e. The third kappa shape index (κ3) is 3.84. The van der Waals surface area contributed by atoms with Crippen molar-refractivity contribution in [1.82, 2.24) is 15.3 Å². The van der Waals surface area contributed by atoms with E-state index in [0.29, 0.717) is 12.4 Å². The van der Waals surface area contributed by atoms with Gasteiger partial charge in [0.2, 0.25) is 0 Å². The average Bonchev–Trinajstić information content (AvgIpc) is 2.20. The molecular weight excluding hydrogens is 180 g/mol. The molecule has 0 spiro atoms. The zero-order valence-electron chi connectivity index (χ0n) is 8.16. The van der Waals surface area contributed by atoms with Crippen LogP contribution in [0.4, 0.5) is 10.6 Å². The summed E-state index contributed by atoms with van der Waals surface area (Å²) in [5, 5.41) is 5.29. The van der Waals surface area contributed by atoms with Gasteiger partial charge in [-0.05, 0) is 6.42 Å². The van der Waals surface area contributed by atoms with Crippen LogP contribution in [0.3, 0.4) is 0 Å². The summed E-state index contributed by atoms with van der Waals surface area (Å²) in [5.41, 5.74) is 0. The molecule has 0 bridgehead atoms. The van der Waals surface area contributed by atoms with E-state index in [1.807, 2.05) is 0 Å². The van der Waals surface area contributed by atoms with E-state index in [2.05, 4.69) is 27.5 Å². The molecular formula is C9H14N4O. The highest BCUT2D eigenvalue weighted by Crippen LogP contribution is 1.95. The van der Waals surface area contributed by atoms with Crippen LogP contribution in [0.5, 0.6) is 0 Å². The second-order valence-electron chi connectivity index (χ2n) is 2.83. The minimum absolute atomic E-state index is 0.237. The number of hydrogen-bond donors (Lipinski definition) is 2. The predicted molar refractivity (Wildman–Crippen MR) is 54.0 cm³/mol. The van der Waals surface area contributed by atoms with Gasteiger partial charge in [-0.3, -0.25) is 10.3 Å². The molecule has 0 saturated heterocycles. The van der Waals surface area contributed by atoms with Gasteiger partial charge in [0.15, 0.2) is 5.82 Å².